The van der Waals surface area contributed by atoms with Crippen molar-refractivity contribution in [2.24, 2.45) is 22.8 Å². The van der Waals surface area contributed by atoms with Crippen LogP contribution in [-0.2, 0) is 47.5 Å². The molecule has 0 radical (unpaired) electrons. The smallest absolute Gasteiger partial charge is 0.236 e. The van der Waals surface area contributed by atoms with Crippen LogP contribution in [0.4, 0.5) is 5.69 Å². The third kappa shape index (κ3) is 15.2. The molecule has 6 rings (SSSR count). The van der Waals surface area contributed by atoms with Crippen molar-refractivity contribution in [3.8, 4) is 34.5 Å². The number of benzene rings is 3. The maximum Gasteiger partial charge on any atom is 0.236 e. The van der Waals surface area contributed by atoms with Gasteiger partial charge in [0.1, 0.15) is 5.75 Å². The van der Waals surface area contributed by atoms with Crippen molar-refractivity contribution in [3.63, 3.8) is 0 Å². The molecule has 3 aromatic rings. The Morgan fingerprint density at radius 2 is 1.16 bits per heavy atom. The summed E-state index contributed by atoms with van der Waals surface area (Å²) in [5.74, 6) is 6.51. The van der Waals surface area contributed by atoms with E-state index in [1.165, 1.54) is 0 Å². The Balaban J connectivity index is 0.901. The molecule has 4 N–H and O–H groups in total. The highest BCUT2D eigenvalue weighted by Gasteiger charge is 2.49. The zero-order valence-corrected chi connectivity index (χ0v) is 40.0. The van der Waals surface area contributed by atoms with Crippen LogP contribution in [0.2, 0.25) is 0 Å². The molecular weight excluding hydrogens is 903 g/mol. The SMILES string of the molecule is COc1ccc(N2C[C@@H]3C(=N2)c2cc4c(cc2[C@@H](c2cc(OC)c(OC)c(OC)c2)[C@H]3C(=O)NCCOCCOCCOCCOCCOCCOCCOCCOCCC(=O)NN)OCO4)cc1. The van der Waals surface area contributed by atoms with Crippen molar-refractivity contribution < 1.29 is 75.9 Å². The number of ether oxygens (including phenoxy) is 14. The summed E-state index contributed by atoms with van der Waals surface area (Å²) in [7, 11) is 6.33. The Hall–Kier alpha value is -5.49. The number of nitrogens with zero attached hydrogens (tertiary/aromatic N) is 2. The molecule has 69 heavy (non-hydrogen) atoms. The molecule has 0 unspecified atom stereocenters. The van der Waals surface area contributed by atoms with Crippen molar-refractivity contribution in [2.45, 2.75) is 12.3 Å². The lowest BCUT2D eigenvalue weighted by atomic mass is 9.65. The molecule has 0 aromatic heterocycles. The average Bonchev–Trinajstić information content (AvgIpc) is 4.04. The standard InChI is InChI=1S/C48H67N5O16/c1-56-35-7-5-34(6-8-35)53-31-38-45(44(33-27-41(57-2)47(59-4)42(28-33)58-3)36-29-39-40(69-32-68-39)30-37(36)46(38)52-53)48(55)50-10-12-61-14-16-63-18-20-65-22-24-67-26-25-66-23-21-64-19-17-62-15-13-60-11-9-43(54)51-49/h5-8,27-30,38,44-45H,9-26,31-32,49H2,1-4H3,(H,50,55)(H,51,54)/t38-,44+,45-/m0/s1. The lowest BCUT2D eigenvalue weighted by Gasteiger charge is -2.38. The third-order valence-electron chi connectivity index (χ3n) is 11.4. The number of hydrogen-bond acceptors (Lipinski definition) is 19. The number of carbonyl (C=O) groups excluding carboxylic acids is 2. The molecule has 0 fully saturated rings. The zero-order valence-electron chi connectivity index (χ0n) is 40.0. The van der Waals surface area contributed by atoms with Gasteiger partial charge in [-0.3, -0.25) is 20.0 Å². The van der Waals surface area contributed by atoms with Crippen LogP contribution in [0.25, 0.3) is 0 Å². The maximum atomic E-state index is 14.7. The Morgan fingerprint density at radius 1 is 0.652 bits per heavy atom. The fraction of sp³-hybridized carbons (Fsp3) is 0.562. The van der Waals surface area contributed by atoms with Crippen molar-refractivity contribution in [1.29, 1.82) is 0 Å². The van der Waals surface area contributed by atoms with E-state index in [0.717, 1.165) is 33.8 Å². The van der Waals surface area contributed by atoms with E-state index in [4.69, 9.17) is 77.3 Å². The molecule has 2 aliphatic heterocycles. The lowest BCUT2D eigenvalue weighted by Crippen LogP contribution is -2.46. The third-order valence-corrected chi connectivity index (χ3v) is 11.4. The minimum absolute atomic E-state index is 0.0933. The number of fused-ring (bicyclic) bond motifs is 4. The van der Waals surface area contributed by atoms with Crippen LogP contribution >= 0.6 is 0 Å². The van der Waals surface area contributed by atoms with Gasteiger partial charge in [0.25, 0.3) is 0 Å². The first-order valence-electron chi connectivity index (χ1n) is 23.0. The molecule has 0 saturated heterocycles. The van der Waals surface area contributed by atoms with Crippen LogP contribution in [0, 0.1) is 11.8 Å². The first-order chi connectivity index (χ1) is 33.9. The van der Waals surface area contributed by atoms with Crippen molar-refractivity contribution in [3.05, 3.63) is 65.2 Å². The Morgan fingerprint density at radius 3 is 1.65 bits per heavy atom. The predicted molar refractivity (Wildman–Crippen MR) is 251 cm³/mol. The van der Waals surface area contributed by atoms with E-state index in [9.17, 15) is 9.59 Å². The molecule has 380 valence electrons. The molecule has 2 amide bonds. The van der Waals surface area contributed by atoms with Gasteiger partial charge in [0.15, 0.2) is 23.0 Å². The molecule has 21 heteroatoms. The number of methoxy groups -OCH3 is 4. The minimum Gasteiger partial charge on any atom is -0.497 e. The van der Waals surface area contributed by atoms with E-state index in [2.05, 4.69) is 5.32 Å². The van der Waals surface area contributed by atoms with Gasteiger partial charge in [-0.05, 0) is 59.7 Å². The van der Waals surface area contributed by atoms with Crippen LogP contribution in [-0.4, -0.2) is 172 Å². The molecule has 3 aromatic carbocycles. The van der Waals surface area contributed by atoms with Crippen molar-refractivity contribution in [2.75, 3.05) is 159 Å². The fourth-order valence-corrected chi connectivity index (χ4v) is 8.08. The Labute approximate surface area is 402 Å². The second-order valence-corrected chi connectivity index (χ2v) is 15.6. The number of carbonyl (C=O) groups is 2. The molecule has 0 spiro atoms. The largest absolute Gasteiger partial charge is 0.497 e. The second-order valence-electron chi connectivity index (χ2n) is 15.6. The summed E-state index contributed by atoms with van der Waals surface area (Å²) in [6.07, 6.45) is 0.214. The highest BCUT2D eigenvalue weighted by molar-refractivity contribution is 6.10. The number of hydrogen-bond donors (Lipinski definition) is 3. The first-order valence-corrected chi connectivity index (χ1v) is 23.0. The normalized spacial score (nSPS) is 16.7. The van der Waals surface area contributed by atoms with Gasteiger partial charge in [0, 0.05) is 23.9 Å². The van der Waals surface area contributed by atoms with Crippen LogP contribution < -0.4 is 50.0 Å². The first kappa shape index (κ1) is 52.9. The molecule has 21 nitrogen and oxygen atoms in total. The molecular formula is C48H67N5O16. The monoisotopic (exact) mass is 969 g/mol. The quantitative estimate of drug-likeness (QED) is 0.0338. The van der Waals surface area contributed by atoms with E-state index in [1.54, 1.807) is 28.4 Å². The zero-order chi connectivity index (χ0) is 48.6. The number of amides is 2. The van der Waals surface area contributed by atoms with Crippen molar-refractivity contribution in [1.82, 2.24) is 10.7 Å². The molecule has 2 heterocycles. The van der Waals surface area contributed by atoms with Crippen LogP contribution in [0.15, 0.2) is 53.6 Å². The van der Waals surface area contributed by atoms with E-state index in [0.29, 0.717) is 134 Å². The van der Waals surface area contributed by atoms with E-state index in [-0.39, 0.29) is 44.1 Å². The van der Waals surface area contributed by atoms with Gasteiger partial charge in [-0.15, -0.1) is 0 Å². The van der Waals surface area contributed by atoms with E-state index < -0.39 is 11.8 Å². The number of rotatable bonds is 34. The number of anilines is 1. The Bertz CT molecular complexity index is 2050. The Kier molecular flexibility index (Phi) is 22.1. The van der Waals surface area contributed by atoms with E-state index in [1.807, 2.05) is 59.0 Å². The van der Waals surface area contributed by atoms with Gasteiger partial charge < -0.3 is 71.6 Å². The van der Waals surface area contributed by atoms with Crippen molar-refractivity contribution >= 4 is 23.2 Å². The summed E-state index contributed by atoms with van der Waals surface area (Å²) in [6.45, 7) is 7.31. The van der Waals surface area contributed by atoms with Crippen LogP contribution in [0.1, 0.15) is 29.0 Å². The number of nitrogens with two attached hydrogens (primary N) is 1. The highest BCUT2D eigenvalue weighted by Crippen LogP contribution is 2.52. The van der Waals surface area contributed by atoms with E-state index >= 15 is 0 Å². The minimum atomic E-state index is -0.614. The summed E-state index contributed by atoms with van der Waals surface area (Å²) in [5, 5.41) is 10.3. The topological polar surface area (TPSA) is 229 Å². The molecule has 0 bridgehead atoms. The number of hydrazone groups is 1. The van der Waals surface area contributed by atoms with Crippen LogP contribution in [0.5, 0.6) is 34.5 Å². The maximum absolute atomic E-state index is 14.7. The van der Waals surface area contributed by atoms with Gasteiger partial charge in [0.2, 0.25) is 24.4 Å². The molecule has 3 aliphatic rings. The van der Waals surface area contributed by atoms with Gasteiger partial charge >= 0.3 is 0 Å². The molecule has 1 aliphatic carbocycles. The lowest BCUT2D eigenvalue weighted by molar-refractivity contribution is -0.126. The second kappa shape index (κ2) is 28.9. The summed E-state index contributed by atoms with van der Waals surface area (Å²) in [4.78, 5) is 25.7. The van der Waals surface area contributed by atoms with Gasteiger partial charge in [-0.1, -0.05) is 0 Å². The predicted octanol–water partition coefficient (Wildman–Crippen LogP) is 2.68. The fourth-order valence-electron chi connectivity index (χ4n) is 8.08. The van der Waals surface area contributed by atoms with Gasteiger partial charge in [-0.25, -0.2) is 5.84 Å². The van der Waals surface area contributed by atoms with Gasteiger partial charge in [-0.2, -0.15) is 5.10 Å². The van der Waals surface area contributed by atoms with Gasteiger partial charge in [0.05, 0.1) is 164 Å². The highest BCUT2D eigenvalue weighted by atomic mass is 16.7. The summed E-state index contributed by atoms with van der Waals surface area (Å²) >= 11 is 0. The molecule has 3 atom stereocenters. The summed E-state index contributed by atoms with van der Waals surface area (Å²) < 4.78 is 78.7. The summed E-state index contributed by atoms with van der Waals surface area (Å²) in [5.41, 5.74) is 6.23. The van der Waals surface area contributed by atoms with Crippen LogP contribution in [0.3, 0.4) is 0 Å². The number of nitrogens with one attached hydrogen (secondary N) is 2. The number of hydrazine groups is 1. The molecule has 0 saturated carbocycles. The summed E-state index contributed by atoms with van der Waals surface area (Å²) in [6, 6.07) is 15.4. The average molecular weight is 970 g/mol.